The Morgan fingerprint density at radius 1 is 0.944 bits per heavy atom. The predicted molar refractivity (Wildman–Crippen MR) is 66.5 cm³/mol. The lowest BCUT2D eigenvalue weighted by Crippen LogP contribution is -2.16. The van der Waals surface area contributed by atoms with Gasteiger partial charge in [-0.2, -0.15) is 0 Å². The van der Waals surface area contributed by atoms with Crippen LogP contribution >= 0.6 is 15.9 Å². The second kappa shape index (κ2) is 5.12. The van der Waals surface area contributed by atoms with E-state index in [0.29, 0.717) is 4.47 Å². The van der Waals surface area contributed by atoms with Crippen molar-refractivity contribution in [2.24, 2.45) is 5.73 Å². The average molecular weight is 316 g/mol. The summed E-state index contributed by atoms with van der Waals surface area (Å²) in [6, 6.07) is 6.88. The van der Waals surface area contributed by atoms with Crippen LogP contribution in [-0.4, -0.2) is 0 Å². The minimum absolute atomic E-state index is 0.0729. The maximum absolute atomic E-state index is 13.7. The number of hydrogen-bond acceptors (Lipinski definition) is 1. The maximum atomic E-state index is 13.7. The molecular weight excluding hydrogens is 307 g/mol. The maximum Gasteiger partial charge on any atom is 0.163 e. The molecule has 1 atom stereocenters. The van der Waals surface area contributed by atoms with Gasteiger partial charge in [-0.3, -0.25) is 0 Å². The van der Waals surface area contributed by atoms with Crippen LogP contribution in [0.3, 0.4) is 0 Å². The van der Waals surface area contributed by atoms with E-state index in [9.17, 15) is 13.2 Å². The molecular formula is C13H9BrF3N. The molecule has 2 aromatic rings. The highest BCUT2D eigenvalue weighted by atomic mass is 79.9. The Morgan fingerprint density at radius 2 is 1.67 bits per heavy atom. The Morgan fingerprint density at radius 3 is 2.33 bits per heavy atom. The van der Waals surface area contributed by atoms with E-state index < -0.39 is 23.5 Å². The van der Waals surface area contributed by atoms with Crippen molar-refractivity contribution in [3.63, 3.8) is 0 Å². The molecule has 0 spiro atoms. The molecule has 0 radical (unpaired) electrons. The van der Waals surface area contributed by atoms with Gasteiger partial charge in [-0.05, 0) is 18.2 Å². The highest BCUT2D eigenvalue weighted by Gasteiger charge is 2.19. The van der Waals surface area contributed by atoms with Gasteiger partial charge in [0.2, 0.25) is 0 Å². The van der Waals surface area contributed by atoms with E-state index in [4.69, 9.17) is 5.73 Å². The summed E-state index contributed by atoms with van der Waals surface area (Å²) in [7, 11) is 0. The standard InChI is InChI=1S/C13H9BrF3N/c14-7-4-5-8(11(16)6-7)13(18)9-2-1-3-10(15)12(9)17/h1-6,13H,18H2. The van der Waals surface area contributed by atoms with Gasteiger partial charge in [0, 0.05) is 15.6 Å². The molecule has 0 saturated heterocycles. The quantitative estimate of drug-likeness (QED) is 0.893. The van der Waals surface area contributed by atoms with Crippen molar-refractivity contribution in [1.82, 2.24) is 0 Å². The van der Waals surface area contributed by atoms with Crippen molar-refractivity contribution < 1.29 is 13.2 Å². The predicted octanol–water partition coefficient (Wildman–Crippen LogP) is 3.91. The lowest BCUT2D eigenvalue weighted by atomic mass is 9.98. The summed E-state index contributed by atoms with van der Waals surface area (Å²) in [6.45, 7) is 0. The lowest BCUT2D eigenvalue weighted by Gasteiger charge is -2.14. The van der Waals surface area contributed by atoms with Gasteiger partial charge in [-0.1, -0.05) is 34.1 Å². The number of rotatable bonds is 2. The molecule has 0 aromatic heterocycles. The van der Waals surface area contributed by atoms with E-state index in [2.05, 4.69) is 15.9 Å². The molecule has 18 heavy (non-hydrogen) atoms. The summed E-state index contributed by atoms with van der Waals surface area (Å²) in [5, 5.41) is 0. The van der Waals surface area contributed by atoms with Gasteiger partial charge in [-0.25, -0.2) is 13.2 Å². The van der Waals surface area contributed by atoms with E-state index in [0.717, 1.165) is 6.07 Å². The fraction of sp³-hybridized carbons (Fsp3) is 0.0769. The van der Waals surface area contributed by atoms with Crippen LogP contribution in [0.25, 0.3) is 0 Å². The van der Waals surface area contributed by atoms with Gasteiger partial charge in [0.15, 0.2) is 11.6 Å². The zero-order valence-electron chi connectivity index (χ0n) is 9.13. The highest BCUT2D eigenvalue weighted by molar-refractivity contribution is 9.10. The van der Waals surface area contributed by atoms with Crippen LogP contribution in [0.15, 0.2) is 40.9 Å². The van der Waals surface area contributed by atoms with Crippen LogP contribution in [0, 0.1) is 17.5 Å². The van der Waals surface area contributed by atoms with Crippen LogP contribution in [-0.2, 0) is 0 Å². The Hall–Kier alpha value is -1.33. The fourth-order valence-electron chi connectivity index (χ4n) is 1.68. The normalized spacial score (nSPS) is 12.5. The number of hydrogen-bond donors (Lipinski definition) is 1. The van der Waals surface area contributed by atoms with E-state index in [1.54, 1.807) is 6.07 Å². The first kappa shape index (κ1) is 13.1. The summed E-state index contributed by atoms with van der Waals surface area (Å²) in [6.07, 6.45) is 0. The number of halogens is 4. The molecule has 0 fully saturated rings. The minimum Gasteiger partial charge on any atom is -0.320 e. The summed E-state index contributed by atoms with van der Waals surface area (Å²) in [5.74, 6) is -2.62. The van der Waals surface area contributed by atoms with Crippen LogP contribution in [0.1, 0.15) is 17.2 Å². The second-order valence-electron chi connectivity index (χ2n) is 3.79. The Kier molecular flexibility index (Phi) is 3.73. The van der Waals surface area contributed by atoms with Gasteiger partial charge in [0.25, 0.3) is 0 Å². The molecule has 0 bridgehead atoms. The van der Waals surface area contributed by atoms with Gasteiger partial charge in [0.05, 0.1) is 6.04 Å². The molecule has 2 aromatic carbocycles. The third kappa shape index (κ3) is 2.42. The first-order valence-electron chi connectivity index (χ1n) is 5.15. The zero-order chi connectivity index (χ0) is 13.3. The fourth-order valence-corrected chi connectivity index (χ4v) is 2.02. The average Bonchev–Trinajstić information content (AvgIpc) is 2.32. The first-order valence-corrected chi connectivity index (χ1v) is 5.94. The van der Waals surface area contributed by atoms with E-state index in [1.165, 1.54) is 24.3 Å². The third-order valence-corrected chi connectivity index (χ3v) is 3.11. The monoisotopic (exact) mass is 315 g/mol. The van der Waals surface area contributed by atoms with E-state index in [1.807, 2.05) is 0 Å². The van der Waals surface area contributed by atoms with Crippen molar-refractivity contribution in [3.8, 4) is 0 Å². The Balaban J connectivity index is 2.48. The third-order valence-electron chi connectivity index (χ3n) is 2.61. The number of nitrogens with two attached hydrogens (primary N) is 1. The van der Waals surface area contributed by atoms with Crippen molar-refractivity contribution >= 4 is 15.9 Å². The van der Waals surface area contributed by atoms with Crippen LogP contribution in [0.5, 0.6) is 0 Å². The molecule has 2 N–H and O–H groups in total. The van der Waals surface area contributed by atoms with Crippen molar-refractivity contribution in [2.75, 3.05) is 0 Å². The lowest BCUT2D eigenvalue weighted by molar-refractivity contribution is 0.492. The van der Waals surface area contributed by atoms with Crippen molar-refractivity contribution in [3.05, 3.63) is 69.4 Å². The first-order chi connectivity index (χ1) is 8.50. The topological polar surface area (TPSA) is 26.0 Å². The number of benzene rings is 2. The molecule has 0 aliphatic rings. The molecule has 0 amide bonds. The summed E-state index contributed by atoms with van der Waals surface area (Å²) < 4.78 is 40.9. The van der Waals surface area contributed by atoms with Crippen molar-refractivity contribution in [1.29, 1.82) is 0 Å². The molecule has 2 rings (SSSR count). The van der Waals surface area contributed by atoms with Gasteiger partial charge in [0.1, 0.15) is 5.82 Å². The summed E-state index contributed by atoms with van der Waals surface area (Å²) in [4.78, 5) is 0. The van der Waals surface area contributed by atoms with Gasteiger partial charge >= 0.3 is 0 Å². The summed E-state index contributed by atoms with van der Waals surface area (Å²) >= 11 is 3.11. The van der Waals surface area contributed by atoms with Crippen LogP contribution < -0.4 is 5.73 Å². The Bertz CT molecular complexity index is 586. The smallest absolute Gasteiger partial charge is 0.163 e. The summed E-state index contributed by atoms with van der Waals surface area (Å²) in [5.41, 5.74) is 5.82. The molecule has 0 saturated carbocycles. The minimum atomic E-state index is -1.05. The molecule has 5 heteroatoms. The zero-order valence-corrected chi connectivity index (χ0v) is 10.7. The van der Waals surface area contributed by atoms with Crippen molar-refractivity contribution in [2.45, 2.75) is 6.04 Å². The molecule has 1 nitrogen and oxygen atoms in total. The molecule has 94 valence electrons. The molecule has 1 unspecified atom stereocenters. The second-order valence-corrected chi connectivity index (χ2v) is 4.70. The molecule has 0 aliphatic carbocycles. The van der Waals surface area contributed by atoms with Gasteiger partial charge in [-0.15, -0.1) is 0 Å². The van der Waals surface area contributed by atoms with Crippen LogP contribution in [0.2, 0.25) is 0 Å². The Labute approximate surface area is 111 Å². The van der Waals surface area contributed by atoms with Gasteiger partial charge < -0.3 is 5.73 Å². The largest absolute Gasteiger partial charge is 0.320 e. The SMILES string of the molecule is NC(c1ccc(Br)cc1F)c1cccc(F)c1F. The van der Waals surface area contributed by atoms with Crippen LogP contribution in [0.4, 0.5) is 13.2 Å². The van der Waals surface area contributed by atoms with E-state index in [-0.39, 0.29) is 11.1 Å². The molecule has 0 aliphatic heterocycles. The van der Waals surface area contributed by atoms with E-state index >= 15 is 0 Å². The highest BCUT2D eigenvalue weighted by Crippen LogP contribution is 2.27. The molecule has 0 heterocycles.